The summed E-state index contributed by atoms with van der Waals surface area (Å²) < 4.78 is 4.95. The lowest BCUT2D eigenvalue weighted by molar-refractivity contribution is -0.154. The molecule has 4 nitrogen and oxygen atoms in total. The third-order valence-corrected chi connectivity index (χ3v) is 2.38. The molecule has 4 heteroatoms. The van der Waals surface area contributed by atoms with Gasteiger partial charge in [0.05, 0.1) is 18.1 Å². The molecule has 0 spiro atoms. The van der Waals surface area contributed by atoms with Crippen LogP contribution in [0.4, 0.5) is 0 Å². The Kier molecular flexibility index (Phi) is 3.05. The number of aliphatic hydroxyl groups excluding tert-OH is 1. The Hall–Kier alpha value is -0.610. The minimum atomic E-state index is -0.874. The third kappa shape index (κ3) is 1.76. The molecule has 1 aliphatic rings. The van der Waals surface area contributed by atoms with Crippen molar-refractivity contribution in [3.63, 3.8) is 0 Å². The van der Waals surface area contributed by atoms with E-state index in [2.05, 4.69) is 0 Å². The summed E-state index contributed by atoms with van der Waals surface area (Å²) in [5, 5.41) is 18.2. The lowest BCUT2D eigenvalue weighted by Gasteiger charge is -2.31. The summed E-state index contributed by atoms with van der Waals surface area (Å²) in [6.07, 6.45) is 0.853. The molecule has 1 rings (SSSR count). The Balaban J connectivity index is 2.64. The third-order valence-electron chi connectivity index (χ3n) is 2.38. The van der Waals surface area contributed by atoms with E-state index in [1.807, 2.05) is 0 Å². The molecule has 0 heterocycles. The number of rotatable bonds is 2. The quantitative estimate of drug-likeness (QED) is 0.629. The normalized spacial score (nSPS) is 36.3. The molecule has 0 saturated heterocycles. The SMILES string of the molecule is CO[C@@H]1[C@H](O)CCC[C@@H]1C(=O)O. The van der Waals surface area contributed by atoms with E-state index >= 15 is 0 Å². The van der Waals surface area contributed by atoms with E-state index in [9.17, 15) is 9.90 Å². The zero-order valence-electron chi connectivity index (χ0n) is 7.06. The molecule has 0 aromatic carbocycles. The Bertz CT molecular complexity index is 168. The van der Waals surface area contributed by atoms with Gasteiger partial charge >= 0.3 is 5.97 Å². The second-order valence-corrected chi connectivity index (χ2v) is 3.14. The molecule has 2 N–H and O–H groups in total. The summed E-state index contributed by atoms with van der Waals surface area (Å²) in [7, 11) is 1.44. The molecule has 0 aromatic rings. The lowest BCUT2D eigenvalue weighted by Crippen LogP contribution is -2.42. The minimum absolute atomic E-state index is 0.531. The first kappa shape index (κ1) is 9.48. The average Bonchev–Trinajstić information content (AvgIpc) is 2.03. The van der Waals surface area contributed by atoms with Crippen LogP contribution in [0.25, 0.3) is 0 Å². The maximum Gasteiger partial charge on any atom is 0.309 e. The number of carboxylic acids is 1. The van der Waals surface area contributed by atoms with Crippen LogP contribution in [0.15, 0.2) is 0 Å². The van der Waals surface area contributed by atoms with Gasteiger partial charge in [-0.1, -0.05) is 0 Å². The van der Waals surface area contributed by atoms with Gasteiger partial charge in [-0.2, -0.15) is 0 Å². The smallest absolute Gasteiger partial charge is 0.309 e. The maximum atomic E-state index is 10.7. The highest BCUT2D eigenvalue weighted by molar-refractivity contribution is 5.71. The molecule has 3 atom stereocenters. The van der Waals surface area contributed by atoms with E-state index in [0.717, 1.165) is 6.42 Å². The van der Waals surface area contributed by atoms with Crippen LogP contribution in [0, 0.1) is 5.92 Å². The van der Waals surface area contributed by atoms with Crippen molar-refractivity contribution in [1.82, 2.24) is 0 Å². The van der Waals surface area contributed by atoms with Crippen molar-refractivity contribution in [3.8, 4) is 0 Å². The Morgan fingerprint density at radius 3 is 2.58 bits per heavy atom. The first-order chi connectivity index (χ1) is 5.66. The number of carbonyl (C=O) groups is 1. The summed E-state index contributed by atoms with van der Waals surface area (Å²) in [4.78, 5) is 10.7. The molecular weight excluding hydrogens is 160 g/mol. The minimum Gasteiger partial charge on any atom is -0.481 e. The number of aliphatic hydroxyl groups is 1. The van der Waals surface area contributed by atoms with Gasteiger partial charge < -0.3 is 14.9 Å². The fourth-order valence-electron chi connectivity index (χ4n) is 1.73. The fourth-order valence-corrected chi connectivity index (χ4v) is 1.73. The molecule has 0 unspecified atom stereocenters. The Labute approximate surface area is 71.2 Å². The molecule has 1 fully saturated rings. The number of aliphatic carboxylic acids is 1. The monoisotopic (exact) mass is 174 g/mol. The molecule has 70 valence electrons. The van der Waals surface area contributed by atoms with Crippen LogP contribution in [-0.2, 0) is 9.53 Å². The molecule has 0 aromatic heterocycles. The van der Waals surface area contributed by atoms with Gasteiger partial charge in [0.15, 0.2) is 0 Å². The van der Waals surface area contributed by atoms with E-state index in [1.54, 1.807) is 0 Å². The van der Waals surface area contributed by atoms with Gasteiger partial charge in [-0.3, -0.25) is 4.79 Å². The Morgan fingerprint density at radius 1 is 1.50 bits per heavy atom. The van der Waals surface area contributed by atoms with Crippen molar-refractivity contribution in [3.05, 3.63) is 0 Å². The predicted molar refractivity (Wildman–Crippen MR) is 41.8 cm³/mol. The van der Waals surface area contributed by atoms with Crippen LogP contribution in [0.3, 0.4) is 0 Å². The largest absolute Gasteiger partial charge is 0.481 e. The topological polar surface area (TPSA) is 66.8 Å². The zero-order chi connectivity index (χ0) is 9.14. The van der Waals surface area contributed by atoms with Crippen molar-refractivity contribution in [2.75, 3.05) is 7.11 Å². The van der Waals surface area contributed by atoms with Crippen LogP contribution >= 0.6 is 0 Å². The second-order valence-electron chi connectivity index (χ2n) is 3.14. The van der Waals surface area contributed by atoms with Crippen molar-refractivity contribution >= 4 is 5.97 Å². The van der Waals surface area contributed by atoms with Gasteiger partial charge in [0.2, 0.25) is 0 Å². The summed E-state index contributed by atoms with van der Waals surface area (Å²) in [6, 6.07) is 0. The van der Waals surface area contributed by atoms with Gasteiger partial charge in [-0.05, 0) is 19.3 Å². The van der Waals surface area contributed by atoms with E-state index in [4.69, 9.17) is 9.84 Å². The molecule has 0 radical (unpaired) electrons. The number of carboxylic acid groups (broad SMARTS) is 1. The standard InChI is InChI=1S/C8H14O4/c1-12-7-5(8(10)11)3-2-4-6(7)9/h5-7,9H,2-4H2,1H3,(H,10,11)/t5-,6+,7-/m0/s1. The van der Waals surface area contributed by atoms with Crippen molar-refractivity contribution in [2.45, 2.75) is 31.5 Å². The average molecular weight is 174 g/mol. The molecule has 0 amide bonds. The number of hydrogen-bond donors (Lipinski definition) is 2. The highest BCUT2D eigenvalue weighted by Crippen LogP contribution is 2.26. The van der Waals surface area contributed by atoms with Gasteiger partial charge in [-0.25, -0.2) is 0 Å². The van der Waals surface area contributed by atoms with Gasteiger partial charge in [0.25, 0.3) is 0 Å². The molecule has 1 aliphatic carbocycles. The molecule has 1 saturated carbocycles. The molecular formula is C8H14O4. The molecule has 0 aliphatic heterocycles. The highest BCUT2D eigenvalue weighted by Gasteiger charge is 2.36. The fraction of sp³-hybridized carbons (Fsp3) is 0.875. The predicted octanol–water partition coefficient (Wildman–Crippen LogP) is 0.247. The first-order valence-electron chi connectivity index (χ1n) is 4.10. The van der Waals surface area contributed by atoms with Gasteiger partial charge in [0.1, 0.15) is 0 Å². The van der Waals surface area contributed by atoms with Crippen LogP contribution in [0.5, 0.6) is 0 Å². The van der Waals surface area contributed by atoms with Gasteiger partial charge in [0, 0.05) is 7.11 Å². The first-order valence-corrected chi connectivity index (χ1v) is 4.10. The van der Waals surface area contributed by atoms with E-state index in [1.165, 1.54) is 7.11 Å². The van der Waals surface area contributed by atoms with Crippen molar-refractivity contribution in [1.29, 1.82) is 0 Å². The second kappa shape index (κ2) is 3.87. The number of ether oxygens (including phenoxy) is 1. The molecule has 12 heavy (non-hydrogen) atoms. The van der Waals surface area contributed by atoms with Crippen molar-refractivity contribution < 1.29 is 19.7 Å². The van der Waals surface area contributed by atoms with Crippen LogP contribution < -0.4 is 0 Å². The van der Waals surface area contributed by atoms with Crippen LogP contribution in [0.2, 0.25) is 0 Å². The molecule has 0 bridgehead atoms. The summed E-state index contributed by atoms with van der Waals surface area (Å²) in [5.41, 5.74) is 0. The van der Waals surface area contributed by atoms with Crippen LogP contribution in [-0.4, -0.2) is 35.5 Å². The van der Waals surface area contributed by atoms with Crippen LogP contribution in [0.1, 0.15) is 19.3 Å². The summed E-state index contributed by atoms with van der Waals surface area (Å²) >= 11 is 0. The summed E-state index contributed by atoms with van der Waals surface area (Å²) in [6.45, 7) is 0. The maximum absolute atomic E-state index is 10.7. The van der Waals surface area contributed by atoms with Gasteiger partial charge in [-0.15, -0.1) is 0 Å². The zero-order valence-corrected chi connectivity index (χ0v) is 7.06. The van der Waals surface area contributed by atoms with E-state index in [0.29, 0.717) is 12.8 Å². The highest BCUT2D eigenvalue weighted by atomic mass is 16.5. The number of hydrogen-bond acceptors (Lipinski definition) is 3. The van der Waals surface area contributed by atoms with E-state index in [-0.39, 0.29) is 0 Å². The van der Waals surface area contributed by atoms with Crippen molar-refractivity contribution in [2.24, 2.45) is 5.92 Å². The lowest BCUT2D eigenvalue weighted by atomic mass is 9.84. The number of methoxy groups -OCH3 is 1. The Morgan fingerprint density at radius 2 is 2.17 bits per heavy atom. The van der Waals surface area contributed by atoms with E-state index < -0.39 is 24.1 Å². The summed E-state index contributed by atoms with van der Waals surface area (Å²) in [5.74, 6) is -1.42.